The van der Waals surface area contributed by atoms with Gasteiger partial charge in [0, 0.05) is 11.1 Å². The summed E-state index contributed by atoms with van der Waals surface area (Å²) in [5.41, 5.74) is 3.64. The van der Waals surface area contributed by atoms with Gasteiger partial charge >= 0.3 is 0 Å². The first kappa shape index (κ1) is 24.4. The normalized spacial score (nSPS) is 17.8. The monoisotopic (exact) mass is 452 g/mol. The average molecular weight is 453 g/mol. The Kier molecular flexibility index (Phi) is 9.09. The van der Waals surface area contributed by atoms with Crippen LogP contribution in [0.3, 0.4) is 0 Å². The molecule has 1 saturated carbocycles. The molecule has 178 valence electrons. The Morgan fingerprint density at radius 2 is 1.41 bits per heavy atom. The van der Waals surface area contributed by atoms with Gasteiger partial charge in [-0.25, -0.2) is 0 Å². The number of rotatable bonds is 9. The maximum absolute atomic E-state index is 5.94. The summed E-state index contributed by atoms with van der Waals surface area (Å²) in [5, 5.41) is 2.41. The highest BCUT2D eigenvalue weighted by Crippen LogP contribution is 2.37. The van der Waals surface area contributed by atoms with E-state index in [0.29, 0.717) is 0 Å². The smallest absolute Gasteiger partial charge is 0.119 e. The predicted molar refractivity (Wildman–Crippen MR) is 146 cm³/mol. The molecule has 0 heterocycles. The van der Waals surface area contributed by atoms with Gasteiger partial charge in [-0.15, -0.1) is 0 Å². The number of unbranched alkanes of at least 4 members (excludes halogenated alkanes) is 3. The lowest BCUT2D eigenvalue weighted by Gasteiger charge is -2.28. The van der Waals surface area contributed by atoms with Crippen LogP contribution >= 0.6 is 0 Å². The molecule has 0 unspecified atom stereocenters. The van der Waals surface area contributed by atoms with E-state index in [4.69, 9.17) is 4.74 Å². The first-order chi connectivity index (χ1) is 16.7. The zero-order valence-electron chi connectivity index (χ0n) is 21.1. The Bertz CT molecular complexity index is 1090. The molecule has 4 rings (SSSR count). The van der Waals surface area contributed by atoms with Crippen molar-refractivity contribution in [2.45, 2.75) is 84.0 Å². The molecule has 0 bridgehead atoms. The molecular formula is C33H40O. The zero-order valence-corrected chi connectivity index (χ0v) is 21.1. The summed E-state index contributed by atoms with van der Waals surface area (Å²) in [5.74, 6) is 9.38. The Morgan fingerprint density at radius 3 is 2.18 bits per heavy atom. The quantitative estimate of drug-likeness (QED) is 0.232. The Balaban J connectivity index is 1.34. The van der Waals surface area contributed by atoms with Gasteiger partial charge in [0.25, 0.3) is 0 Å². The van der Waals surface area contributed by atoms with Crippen LogP contribution in [0.25, 0.3) is 10.8 Å². The van der Waals surface area contributed by atoms with Crippen molar-refractivity contribution in [2.75, 3.05) is 6.61 Å². The lowest BCUT2D eigenvalue weighted by molar-refractivity contribution is 0.305. The molecule has 1 heteroatoms. The number of fused-ring (bicyclic) bond motifs is 1. The second kappa shape index (κ2) is 12.7. The highest BCUT2D eigenvalue weighted by molar-refractivity contribution is 5.85. The summed E-state index contributed by atoms with van der Waals surface area (Å²) >= 11 is 0. The number of ether oxygens (including phenoxy) is 1. The van der Waals surface area contributed by atoms with Crippen molar-refractivity contribution in [2.24, 2.45) is 5.92 Å². The first-order valence-electron chi connectivity index (χ1n) is 13.5. The van der Waals surface area contributed by atoms with Gasteiger partial charge in [0.2, 0.25) is 0 Å². The third-order valence-corrected chi connectivity index (χ3v) is 7.36. The molecule has 0 amide bonds. The van der Waals surface area contributed by atoms with E-state index in [1.54, 1.807) is 0 Å². The fourth-order valence-corrected chi connectivity index (χ4v) is 5.29. The molecule has 0 saturated heterocycles. The Labute approximate surface area is 206 Å². The molecule has 0 atom stereocenters. The van der Waals surface area contributed by atoms with Crippen molar-refractivity contribution >= 4 is 10.8 Å². The van der Waals surface area contributed by atoms with Crippen LogP contribution in [-0.2, 0) is 0 Å². The van der Waals surface area contributed by atoms with Crippen LogP contribution < -0.4 is 4.74 Å². The van der Waals surface area contributed by atoms with Crippen LogP contribution in [0.4, 0.5) is 0 Å². The van der Waals surface area contributed by atoms with E-state index in [-0.39, 0.29) is 0 Å². The summed E-state index contributed by atoms with van der Waals surface area (Å²) in [6.07, 6.45) is 13.1. The Hall–Kier alpha value is -2.72. The van der Waals surface area contributed by atoms with Crippen LogP contribution in [0.2, 0.25) is 0 Å². The molecule has 1 fully saturated rings. The van der Waals surface area contributed by atoms with Gasteiger partial charge in [-0.3, -0.25) is 0 Å². The first-order valence-corrected chi connectivity index (χ1v) is 13.5. The second-order valence-corrected chi connectivity index (χ2v) is 10.0. The van der Waals surface area contributed by atoms with Gasteiger partial charge in [0.05, 0.1) is 6.61 Å². The summed E-state index contributed by atoms with van der Waals surface area (Å²) in [4.78, 5) is 0. The van der Waals surface area contributed by atoms with Gasteiger partial charge in [0.1, 0.15) is 5.75 Å². The van der Waals surface area contributed by atoms with E-state index in [1.807, 2.05) is 0 Å². The van der Waals surface area contributed by atoms with E-state index >= 15 is 0 Å². The van der Waals surface area contributed by atoms with Gasteiger partial charge in [-0.1, -0.05) is 82.1 Å². The number of hydrogen-bond acceptors (Lipinski definition) is 1. The summed E-state index contributed by atoms with van der Waals surface area (Å²) in [6, 6.07) is 21.8. The van der Waals surface area contributed by atoms with E-state index in [9.17, 15) is 0 Å². The fourth-order valence-electron chi connectivity index (χ4n) is 5.29. The van der Waals surface area contributed by atoms with Crippen molar-refractivity contribution in [3.8, 4) is 17.6 Å². The summed E-state index contributed by atoms with van der Waals surface area (Å²) < 4.78 is 5.94. The third kappa shape index (κ3) is 6.89. The standard InChI is InChI=1S/C33H40O/c1-3-5-6-7-23-34-33-22-21-31-24-28(15-20-32(31)25-33)10-9-27-13-18-30(19-14-27)29-16-11-26(8-4-2)12-17-29/h13-15,18-22,24-26,29H,3-8,11-12,16-17,23H2,1-2H3/t26-,29-. The van der Waals surface area contributed by atoms with Crippen LogP contribution in [0.5, 0.6) is 5.75 Å². The maximum Gasteiger partial charge on any atom is 0.119 e. The summed E-state index contributed by atoms with van der Waals surface area (Å²) in [7, 11) is 0. The van der Waals surface area contributed by atoms with Crippen LogP contribution in [-0.4, -0.2) is 6.61 Å². The highest BCUT2D eigenvalue weighted by atomic mass is 16.5. The maximum atomic E-state index is 5.94. The minimum absolute atomic E-state index is 0.737. The fraction of sp³-hybridized carbons (Fsp3) is 0.455. The molecular weight excluding hydrogens is 412 g/mol. The molecule has 0 spiro atoms. The van der Waals surface area contributed by atoms with Gasteiger partial charge in [-0.05, 0) is 96.7 Å². The Morgan fingerprint density at radius 1 is 0.706 bits per heavy atom. The molecule has 0 aromatic heterocycles. The van der Waals surface area contributed by atoms with Crippen LogP contribution in [0, 0.1) is 17.8 Å². The third-order valence-electron chi connectivity index (χ3n) is 7.36. The molecule has 0 aliphatic heterocycles. The molecule has 1 nitrogen and oxygen atoms in total. The minimum atomic E-state index is 0.737. The van der Waals surface area contributed by atoms with Gasteiger partial charge < -0.3 is 4.74 Å². The molecule has 34 heavy (non-hydrogen) atoms. The van der Waals surface area contributed by atoms with Crippen molar-refractivity contribution in [1.82, 2.24) is 0 Å². The molecule has 3 aromatic carbocycles. The van der Waals surface area contributed by atoms with Crippen LogP contribution in [0.15, 0.2) is 60.7 Å². The van der Waals surface area contributed by atoms with Crippen LogP contribution in [0.1, 0.15) is 101 Å². The molecule has 0 radical (unpaired) electrons. The minimum Gasteiger partial charge on any atom is -0.494 e. The molecule has 3 aromatic rings. The molecule has 1 aliphatic carbocycles. The van der Waals surface area contributed by atoms with Crippen molar-refractivity contribution in [3.05, 3.63) is 77.4 Å². The largest absolute Gasteiger partial charge is 0.494 e. The van der Waals surface area contributed by atoms with Gasteiger partial charge in [0.15, 0.2) is 0 Å². The highest BCUT2D eigenvalue weighted by Gasteiger charge is 2.21. The second-order valence-electron chi connectivity index (χ2n) is 10.0. The zero-order chi connectivity index (χ0) is 23.6. The van der Waals surface area contributed by atoms with E-state index < -0.39 is 0 Å². The van der Waals surface area contributed by atoms with Gasteiger partial charge in [-0.2, -0.15) is 0 Å². The molecule has 0 N–H and O–H groups in total. The number of benzene rings is 3. The molecule has 1 aliphatic rings. The SMILES string of the molecule is CCCCCCOc1ccc2cc(C#Cc3ccc([C@H]4CC[C@H](CCC)CC4)cc3)ccc2c1. The van der Waals surface area contributed by atoms with Crippen molar-refractivity contribution in [1.29, 1.82) is 0 Å². The lowest BCUT2D eigenvalue weighted by Crippen LogP contribution is -2.13. The van der Waals surface area contributed by atoms with Crippen molar-refractivity contribution < 1.29 is 4.74 Å². The van der Waals surface area contributed by atoms with E-state index in [0.717, 1.165) is 41.7 Å². The predicted octanol–water partition coefficient (Wildman–Crippen LogP) is 9.27. The lowest BCUT2D eigenvalue weighted by atomic mass is 9.77. The average Bonchev–Trinajstić information content (AvgIpc) is 2.88. The topological polar surface area (TPSA) is 9.23 Å². The van der Waals surface area contributed by atoms with E-state index in [1.165, 1.54) is 74.1 Å². The summed E-state index contributed by atoms with van der Waals surface area (Å²) in [6.45, 7) is 5.35. The van der Waals surface area contributed by atoms with Crippen molar-refractivity contribution in [3.63, 3.8) is 0 Å². The number of hydrogen-bond donors (Lipinski definition) is 0. The van der Waals surface area contributed by atoms with E-state index in [2.05, 4.69) is 86.4 Å².